The lowest BCUT2D eigenvalue weighted by Gasteiger charge is -2.05. The highest BCUT2D eigenvalue weighted by Gasteiger charge is 2.09. The van der Waals surface area contributed by atoms with E-state index in [0.29, 0.717) is 12.5 Å². The summed E-state index contributed by atoms with van der Waals surface area (Å²) in [6.07, 6.45) is 0. The third-order valence-electron chi connectivity index (χ3n) is 2.64. The first-order valence-electron chi connectivity index (χ1n) is 5.80. The fourth-order valence-corrected chi connectivity index (χ4v) is 3.36. The highest BCUT2D eigenvalue weighted by molar-refractivity contribution is 7.18. The molecule has 98 valence electrons. The number of nitrogens with one attached hydrogen (secondary N) is 1. The number of nitrogens with two attached hydrogens (primary N) is 1. The third-order valence-corrected chi connectivity index (χ3v) is 4.40. The van der Waals surface area contributed by atoms with Gasteiger partial charge >= 0.3 is 0 Å². The van der Waals surface area contributed by atoms with E-state index in [9.17, 15) is 0 Å². The lowest BCUT2D eigenvalue weighted by Crippen LogP contribution is -2.04. The van der Waals surface area contributed by atoms with Gasteiger partial charge in [-0.2, -0.15) is 4.98 Å². The first-order chi connectivity index (χ1) is 9.11. The second kappa shape index (κ2) is 4.75. The van der Waals surface area contributed by atoms with Gasteiger partial charge in [-0.25, -0.2) is 9.97 Å². The number of anilines is 2. The van der Waals surface area contributed by atoms with Crippen molar-refractivity contribution >= 4 is 44.7 Å². The normalized spacial score (nSPS) is 11.1. The van der Waals surface area contributed by atoms with Gasteiger partial charge in [0, 0.05) is 10.3 Å². The first-order valence-corrected chi connectivity index (χ1v) is 7.50. The van der Waals surface area contributed by atoms with Crippen LogP contribution < -0.4 is 11.1 Å². The van der Waals surface area contributed by atoms with Crippen LogP contribution in [0, 0.1) is 13.8 Å². The van der Waals surface area contributed by atoms with E-state index in [1.165, 1.54) is 4.88 Å². The van der Waals surface area contributed by atoms with Crippen LogP contribution >= 0.6 is 22.7 Å². The number of aryl methyl sites for hydroxylation is 2. The summed E-state index contributed by atoms with van der Waals surface area (Å²) in [5.74, 6) is 1.07. The number of aromatic nitrogens is 3. The molecule has 3 aromatic heterocycles. The molecular formula is C12H13N5S2. The summed E-state index contributed by atoms with van der Waals surface area (Å²) >= 11 is 3.27. The number of thiophene rings is 1. The Bertz CT molecular complexity index is 731. The van der Waals surface area contributed by atoms with Crippen LogP contribution in [0.2, 0.25) is 0 Å². The van der Waals surface area contributed by atoms with Crippen molar-refractivity contribution in [2.24, 2.45) is 0 Å². The zero-order valence-corrected chi connectivity index (χ0v) is 12.2. The SMILES string of the molecule is Cc1cc2c(NCc3csc(C)n3)nc(N)nc2s1. The van der Waals surface area contributed by atoms with Gasteiger partial charge < -0.3 is 11.1 Å². The molecule has 7 heteroatoms. The molecular weight excluding hydrogens is 278 g/mol. The molecule has 0 aromatic carbocycles. The molecule has 19 heavy (non-hydrogen) atoms. The Labute approximate surface area is 118 Å². The van der Waals surface area contributed by atoms with Crippen LogP contribution in [0.25, 0.3) is 10.2 Å². The third kappa shape index (κ3) is 2.52. The molecule has 5 nitrogen and oxygen atoms in total. The Hall–Kier alpha value is -1.73. The minimum atomic E-state index is 0.298. The van der Waals surface area contributed by atoms with Crippen molar-refractivity contribution in [1.29, 1.82) is 0 Å². The zero-order chi connectivity index (χ0) is 13.4. The maximum atomic E-state index is 5.74. The minimum Gasteiger partial charge on any atom is -0.368 e. The molecule has 0 saturated heterocycles. The number of fused-ring (bicyclic) bond motifs is 1. The quantitative estimate of drug-likeness (QED) is 0.776. The van der Waals surface area contributed by atoms with E-state index in [4.69, 9.17) is 5.73 Å². The van der Waals surface area contributed by atoms with Gasteiger partial charge in [0.1, 0.15) is 10.6 Å². The van der Waals surface area contributed by atoms with Crippen molar-refractivity contribution in [3.63, 3.8) is 0 Å². The van der Waals surface area contributed by atoms with Crippen LogP contribution in [0.3, 0.4) is 0 Å². The summed E-state index contributed by atoms with van der Waals surface area (Å²) in [4.78, 5) is 15.1. The second-order valence-corrected chi connectivity index (χ2v) is 6.51. The van der Waals surface area contributed by atoms with E-state index in [-0.39, 0.29) is 0 Å². The maximum absolute atomic E-state index is 5.74. The topological polar surface area (TPSA) is 76.7 Å². The average molecular weight is 291 g/mol. The van der Waals surface area contributed by atoms with E-state index in [0.717, 1.165) is 26.7 Å². The smallest absolute Gasteiger partial charge is 0.223 e. The highest BCUT2D eigenvalue weighted by Crippen LogP contribution is 2.29. The fraction of sp³-hybridized carbons (Fsp3) is 0.250. The van der Waals surface area contributed by atoms with Crippen LogP contribution in [0.5, 0.6) is 0 Å². The Morgan fingerprint density at radius 2 is 2.11 bits per heavy atom. The monoisotopic (exact) mass is 291 g/mol. The summed E-state index contributed by atoms with van der Waals surface area (Å²) in [6.45, 7) is 4.69. The van der Waals surface area contributed by atoms with Gasteiger partial charge in [-0.15, -0.1) is 22.7 Å². The fourth-order valence-electron chi connectivity index (χ4n) is 1.86. The Morgan fingerprint density at radius 1 is 1.26 bits per heavy atom. The van der Waals surface area contributed by atoms with Crippen molar-refractivity contribution in [1.82, 2.24) is 15.0 Å². The predicted octanol–water partition coefficient (Wildman–Crippen LogP) is 2.96. The summed E-state index contributed by atoms with van der Waals surface area (Å²) in [5, 5.41) is 7.42. The van der Waals surface area contributed by atoms with Crippen molar-refractivity contribution in [2.45, 2.75) is 20.4 Å². The molecule has 0 saturated carbocycles. The number of rotatable bonds is 3. The van der Waals surface area contributed by atoms with Crippen molar-refractivity contribution in [3.8, 4) is 0 Å². The minimum absolute atomic E-state index is 0.298. The molecule has 0 atom stereocenters. The molecule has 0 amide bonds. The molecule has 3 aromatic rings. The lowest BCUT2D eigenvalue weighted by atomic mass is 10.3. The summed E-state index contributed by atoms with van der Waals surface area (Å²) in [5.41, 5.74) is 6.75. The van der Waals surface area contributed by atoms with Crippen molar-refractivity contribution in [3.05, 3.63) is 27.0 Å². The number of thiazole rings is 1. The van der Waals surface area contributed by atoms with E-state index in [2.05, 4.69) is 33.3 Å². The molecule has 0 spiro atoms. The van der Waals surface area contributed by atoms with Gasteiger partial charge in [0.25, 0.3) is 0 Å². The molecule has 0 fully saturated rings. The summed E-state index contributed by atoms with van der Waals surface area (Å²) in [7, 11) is 0. The Morgan fingerprint density at radius 3 is 2.84 bits per heavy atom. The molecule has 0 bridgehead atoms. The first kappa shape index (κ1) is 12.3. The van der Waals surface area contributed by atoms with Gasteiger partial charge in [0.05, 0.1) is 22.6 Å². The van der Waals surface area contributed by atoms with E-state index in [1.54, 1.807) is 22.7 Å². The van der Waals surface area contributed by atoms with Crippen LogP contribution in [0.15, 0.2) is 11.4 Å². The second-order valence-electron chi connectivity index (χ2n) is 4.22. The number of hydrogen-bond acceptors (Lipinski definition) is 7. The van der Waals surface area contributed by atoms with Crippen molar-refractivity contribution < 1.29 is 0 Å². The van der Waals surface area contributed by atoms with E-state index < -0.39 is 0 Å². The van der Waals surface area contributed by atoms with Crippen molar-refractivity contribution in [2.75, 3.05) is 11.1 Å². The molecule has 0 unspecified atom stereocenters. The van der Waals surface area contributed by atoms with Gasteiger partial charge in [-0.05, 0) is 19.9 Å². The molecule has 3 heterocycles. The average Bonchev–Trinajstić information content (AvgIpc) is 2.91. The zero-order valence-electron chi connectivity index (χ0n) is 10.6. The standard InChI is InChI=1S/C12H13N5S2/c1-6-3-9-10(16-12(13)17-11(9)19-6)14-4-8-5-18-7(2)15-8/h3,5H,4H2,1-2H3,(H3,13,14,16,17). The molecule has 3 rings (SSSR count). The molecule has 0 aliphatic heterocycles. The van der Waals surface area contributed by atoms with E-state index >= 15 is 0 Å². The summed E-state index contributed by atoms with van der Waals surface area (Å²) < 4.78 is 0. The number of hydrogen-bond donors (Lipinski definition) is 2. The molecule has 0 aliphatic carbocycles. The van der Waals surface area contributed by atoms with Crippen LogP contribution in [-0.4, -0.2) is 15.0 Å². The Kier molecular flexibility index (Phi) is 3.08. The van der Waals surface area contributed by atoms with Gasteiger partial charge in [0.2, 0.25) is 5.95 Å². The molecule has 0 radical (unpaired) electrons. The van der Waals surface area contributed by atoms with Crippen LogP contribution in [-0.2, 0) is 6.54 Å². The highest BCUT2D eigenvalue weighted by atomic mass is 32.1. The largest absolute Gasteiger partial charge is 0.368 e. The summed E-state index contributed by atoms with van der Waals surface area (Å²) in [6, 6.07) is 2.08. The van der Waals surface area contributed by atoms with E-state index in [1.807, 2.05) is 12.3 Å². The van der Waals surface area contributed by atoms with Gasteiger partial charge in [0.15, 0.2) is 0 Å². The van der Waals surface area contributed by atoms with Gasteiger partial charge in [-0.1, -0.05) is 0 Å². The van der Waals surface area contributed by atoms with Crippen LogP contribution in [0.1, 0.15) is 15.6 Å². The predicted molar refractivity (Wildman–Crippen MR) is 80.7 cm³/mol. The Balaban J connectivity index is 1.91. The molecule has 0 aliphatic rings. The number of nitrogens with zero attached hydrogens (tertiary/aromatic N) is 3. The number of nitrogen functional groups attached to an aromatic ring is 1. The maximum Gasteiger partial charge on any atom is 0.223 e. The van der Waals surface area contributed by atoms with Crippen LogP contribution in [0.4, 0.5) is 11.8 Å². The molecule has 3 N–H and O–H groups in total. The lowest BCUT2D eigenvalue weighted by molar-refractivity contribution is 1.04. The van der Waals surface area contributed by atoms with Gasteiger partial charge in [-0.3, -0.25) is 0 Å².